The predicted octanol–water partition coefficient (Wildman–Crippen LogP) is 4.73. The van der Waals surface area contributed by atoms with Crippen LogP contribution in [0.2, 0.25) is 18.1 Å². The molecule has 7 heteroatoms. The van der Waals surface area contributed by atoms with Crippen molar-refractivity contribution < 1.29 is 27.9 Å². The van der Waals surface area contributed by atoms with Gasteiger partial charge in [-0.3, -0.25) is 9.59 Å². The second-order valence-corrected chi connectivity index (χ2v) is 14.3. The smallest absolute Gasteiger partial charge is 0.229 e. The highest BCUT2D eigenvalue weighted by atomic mass is 28.4. The Morgan fingerprint density at radius 3 is 2.34 bits per heavy atom. The molecule has 6 nitrogen and oxygen atoms in total. The van der Waals surface area contributed by atoms with E-state index in [1.807, 2.05) is 18.2 Å². The summed E-state index contributed by atoms with van der Waals surface area (Å²) < 4.78 is 23.3. The average molecular weight is 419 g/mol. The number of carbonyl (C=O) groups excluding carboxylic acids is 2. The van der Waals surface area contributed by atoms with E-state index in [0.717, 1.165) is 5.39 Å². The molecule has 29 heavy (non-hydrogen) atoms. The minimum absolute atomic E-state index is 0.0247. The van der Waals surface area contributed by atoms with E-state index in [9.17, 15) is 9.59 Å². The third-order valence-electron chi connectivity index (χ3n) is 5.72. The molecular formula is C22H30O6Si. The van der Waals surface area contributed by atoms with Crippen molar-refractivity contribution in [3.05, 3.63) is 36.1 Å². The van der Waals surface area contributed by atoms with Gasteiger partial charge in [0.2, 0.25) is 5.78 Å². The van der Waals surface area contributed by atoms with Crippen LogP contribution in [0.5, 0.6) is 0 Å². The van der Waals surface area contributed by atoms with Gasteiger partial charge >= 0.3 is 0 Å². The fourth-order valence-electron chi connectivity index (χ4n) is 2.98. The topological polar surface area (TPSA) is 75.0 Å². The zero-order valence-electron chi connectivity index (χ0n) is 18.2. The van der Waals surface area contributed by atoms with E-state index >= 15 is 0 Å². The Morgan fingerprint density at radius 1 is 1.10 bits per heavy atom. The van der Waals surface area contributed by atoms with Crippen LogP contribution in [0.3, 0.4) is 0 Å². The molecule has 2 atom stereocenters. The molecule has 0 bridgehead atoms. The van der Waals surface area contributed by atoms with Crippen molar-refractivity contribution in [2.75, 3.05) is 6.61 Å². The molecule has 0 radical (unpaired) electrons. The van der Waals surface area contributed by atoms with Gasteiger partial charge in [-0.15, -0.1) is 0 Å². The molecule has 158 valence electrons. The number of furan rings is 1. The number of hydrogen-bond acceptors (Lipinski definition) is 6. The third-order valence-corrected chi connectivity index (χ3v) is 10.2. The molecule has 0 amide bonds. The second kappa shape index (κ2) is 7.47. The number of ether oxygens (including phenoxy) is 2. The van der Waals surface area contributed by atoms with Gasteiger partial charge in [0.25, 0.3) is 0 Å². The lowest BCUT2D eigenvalue weighted by Crippen LogP contribution is -2.45. The van der Waals surface area contributed by atoms with E-state index in [1.165, 1.54) is 0 Å². The van der Waals surface area contributed by atoms with Crippen molar-refractivity contribution >= 4 is 30.9 Å². The summed E-state index contributed by atoms with van der Waals surface area (Å²) in [6.07, 6.45) is -2.10. The number of benzene rings is 1. The monoisotopic (exact) mass is 418 g/mol. The van der Waals surface area contributed by atoms with Gasteiger partial charge in [0, 0.05) is 5.39 Å². The van der Waals surface area contributed by atoms with E-state index in [1.54, 1.807) is 26.0 Å². The third kappa shape index (κ3) is 4.53. The SMILES string of the molecule is CC1(C)O[C@H](C(=O)CO[Si](C)(C)C(C)(C)C)[C@H](C(=O)c2cc3ccccc3o2)O1. The summed E-state index contributed by atoms with van der Waals surface area (Å²) in [4.78, 5) is 26.0. The van der Waals surface area contributed by atoms with Gasteiger partial charge in [-0.25, -0.2) is 0 Å². The first kappa shape index (κ1) is 21.9. The van der Waals surface area contributed by atoms with Crippen LogP contribution in [0.1, 0.15) is 45.2 Å². The zero-order chi connectivity index (χ0) is 21.6. The highest BCUT2D eigenvalue weighted by molar-refractivity contribution is 6.74. The van der Waals surface area contributed by atoms with Gasteiger partial charge in [-0.2, -0.15) is 0 Å². The Hall–Kier alpha value is -1.80. The Kier molecular flexibility index (Phi) is 5.64. The molecule has 1 saturated heterocycles. The standard InChI is InChI=1S/C22H30O6Si/c1-21(2,3)29(6,7)25-13-15(23)19-20(28-22(4,5)27-19)18(24)17-12-14-10-8-9-11-16(14)26-17/h8-12,19-20H,13H2,1-7H3/t19-,20+/m1/s1. The molecule has 1 aliphatic heterocycles. The summed E-state index contributed by atoms with van der Waals surface area (Å²) in [6.45, 7) is 13.7. The Balaban J connectivity index is 1.79. The van der Waals surface area contributed by atoms with Crippen molar-refractivity contribution in [2.45, 2.75) is 70.7 Å². The first-order valence-corrected chi connectivity index (χ1v) is 12.8. The van der Waals surface area contributed by atoms with Crippen LogP contribution >= 0.6 is 0 Å². The van der Waals surface area contributed by atoms with Crippen LogP contribution in [0.25, 0.3) is 11.0 Å². The second-order valence-electron chi connectivity index (χ2n) is 9.50. The van der Waals surface area contributed by atoms with Crippen molar-refractivity contribution in [1.29, 1.82) is 0 Å². The fraction of sp³-hybridized carbons (Fsp3) is 0.545. The molecule has 1 fully saturated rings. The minimum Gasteiger partial charge on any atom is -0.453 e. The lowest BCUT2D eigenvalue weighted by atomic mass is 10.0. The van der Waals surface area contributed by atoms with Gasteiger partial charge in [0.05, 0.1) is 6.61 Å². The van der Waals surface area contributed by atoms with E-state index in [-0.39, 0.29) is 23.2 Å². The van der Waals surface area contributed by atoms with E-state index in [0.29, 0.717) is 5.58 Å². The van der Waals surface area contributed by atoms with Crippen LogP contribution in [0.15, 0.2) is 34.7 Å². The number of ketones is 2. The number of rotatable bonds is 6. The molecule has 0 unspecified atom stereocenters. The maximum absolute atomic E-state index is 13.1. The van der Waals surface area contributed by atoms with Crippen LogP contribution in [-0.4, -0.2) is 44.5 Å². The number of hydrogen-bond donors (Lipinski definition) is 0. The van der Waals surface area contributed by atoms with E-state index in [2.05, 4.69) is 33.9 Å². The molecule has 1 aromatic heterocycles. The maximum atomic E-state index is 13.1. The summed E-state index contributed by atoms with van der Waals surface area (Å²) in [5.41, 5.74) is 0.609. The van der Waals surface area contributed by atoms with Gasteiger partial charge in [-0.05, 0) is 44.1 Å². The molecule has 1 aliphatic rings. The maximum Gasteiger partial charge on any atom is 0.229 e. The number of para-hydroxylation sites is 1. The minimum atomic E-state index is -2.11. The zero-order valence-corrected chi connectivity index (χ0v) is 19.2. The van der Waals surface area contributed by atoms with Gasteiger partial charge < -0.3 is 18.3 Å². The predicted molar refractivity (Wildman–Crippen MR) is 113 cm³/mol. The molecule has 0 spiro atoms. The number of fused-ring (bicyclic) bond motifs is 1. The normalized spacial score (nSPS) is 22.2. The van der Waals surface area contributed by atoms with Crippen molar-refractivity contribution in [1.82, 2.24) is 0 Å². The average Bonchev–Trinajstić information content (AvgIpc) is 3.18. The summed E-state index contributed by atoms with van der Waals surface area (Å²) in [7, 11) is -2.11. The van der Waals surface area contributed by atoms with Crippen LogP contribution in [-0.2, 0) is 18.7 Å². The molecule has 2 heterocycles. The van der Waals surface area contributed by atoms with Gasteiger partial charge in [0.1, 0.15) is 5.58 Å². The first-order chi connectivity index (χ1) is 13.3. The number of Topliss-reactive ketones (excluding diaryl/α,β-unsaturated/α-hetero) is 2. The summed E-state index contributed by atoms with van der Waals surface area (Å²) >= 11 is 0. The highest BCUT2D eigenvalue weighted by Gasteiger charge is 2.50. The Morgan fingerprint density at radius 2 is 1.72 bits per heavy atom. The van der Waals surface area contributed by atoms with Crippen molar-refractivity contribution in [3.8, 4) is 0 Å². The Bertz CT molecular complexity index is 888. The molecule has 3 rings (SSSR count). The van der Waals surface area contributed by atoms with Crippen molar-refractivity contribution in [2.24, 2.45) is 0 Å². The summed E-state index contributed by atoms with van der Waals surface area (Å²) in [6, 6.07) is 9.02. The fourth-order valence-corrected chi connectivity index (χ4v) is 3.92. The lowest BCUT2D eigenvalue weighted by Gasteiger charge is -2.36. The summed E-state index contributed by atoms with van der Waals surface area (Å²) in [5.74, 6) is -1.60. The largest absolute Gasteiger partial charge is 0.453 e. The number of carbonyl (C=O) groups is 2. The van der Waals surface area contributed by atoms with E-state index in [4.69, 9.17) is 18.3 Å². The highest BCUT2D eigenvalue weighted by Crippen LogP contribution is 2.37. The van der Waals surface area contributed by atoms with Gasteiger partial charge in [0.15, 0.2) is 37.9 Å². The van der Waals surface area contributed by atoms with Crippen LogP contribution in [0, 0.1) is 0 Å². The van der Waals surface area contributed by atoms with E-state index < -0.39 is 32.1 Å². The quantitative estimate of drug-likeness (QED) is 0.499. The lowest BCUT2D eigenvalue weighted by molar-refractivity contribution is -0.154. The van der Waals surface area contributed by atoms with Crippen molar-refractivity contribution in [3.63, 3.8) is 0 Å². The first-order valence-electron chi connectivity index (χ1n) is 9.86. The Labute approximate surface area is 172 Å². The molecular weight excluding hydrogens is 388 g/mol. The van der Waals surface area contributed by atoms with Crippen LogP contribution in [0.4, 0.5) is 0 Å². The molecule has 2 aromatic rings. The van der Waals surface area contributed by atoms with Crippen LogP contribution < -0.4 is 0 Å². The summed E-state index contributed by atoms with van der Waals surface area (Å²) in [5, 5.41) is 0.793. The molecule has 0 saturated carbocycles. The van der Waals surface area contributed by atoms with Gasteiger partial charge in [-0.1, -0.05) is 39.0 Å². The molecule has 1 aromatic carbocycles. The molecule has 0 aliphatic carbocycles. The molecule has 0 N–H and O–H groups in total.